The molecule has 0 saturated heterocycles. The summed E-state index contributed by atoms with van der Waals surface area (Å²) in [7, 11) is 0. The molecule has 4 nitrogen and oxygen atoms in total. The Bertz CT molecular complexity index is 6940. The molecule has 0 radical (unpaired) electrons. The van der Waals surface area contributed by atoms with Gasteiger partial charge in [0.15, 0.2) is 0 Å². The number of rotatable bonds is 18. The Labute approximate surface area is 675 Å². The van der Waals surface area contributed by atoms with Gasteiger partial charge in [0.25, 0.3) is 0 Å². The van der Waals surface area contributed by atoms with Gasteiger partial charge in [-0.05, 0) is 249 Å². The third kappa shape index (κ3) is 10.2. The highest BCUT2D eigenvalue weighted by Gasteiger charge is 2.47. The molecule has 22 rings (SSSR count). The molecule has 0 unspecified atom stereocenters. The summed E-state index contributed by atoms with van der Waals surface area (Å²) in [6.07, 6.45) is 15.5. The van der Waals surface area contributed by atoms with Gasteiger partial charge in [-0.3, -0.25) is 0 Å². The van der Waals surface area contributed by atoms with Crippen molar-refractivity contribution in [2.75, 3.05) is 4.90 Å². The highest BCUT2D eigenvalue weighted by Crippen LogP contribution is 2.62. The van der Waals surface area contributed by atoms with E-state index in [1.807, 2.05) is 0 Å². The summed E-state index contributed by atoms with van der Waals surface area (Å²) in [4.78, 5) is 2.47. The lowest BCUT2D eigenvalue weighted by atomic mass is 9.70. The van der Waals surface area contributed by atoms with Crippen molar-refractivity contribution in [1.29, 1.82) is 0 Å². The third-order valence-corrected chi connectivity index (χ3v) is 28.6. The first kappa shape index (κ1) is 70.0. The van der Waals surface area contributed by atoms with Crippen molar-refractivity contribution in [3.05, 3.63) is 316 Å². The van der Waals surface area contributed by atoms with Crippen LogP contribution in [-0.2, 0) is 27.1 Å². The average molecular weight is 1490 g/mol. The highest BCUT2D eigenvalue weighted by molar-refractivity contribution is 6.20. The fourth-order valence-corrected chi connectivity index (χ4v) is 22.4. The van der Waals surface area contributed by atoms with Crippen LogP contribution in [0.5, 0.6) is 0 Å². The van der Waals surface area contributed by atoms with Gasteiger partial charge in [-0.2, -0.15) is 0 Å². The molecule has 4 heteroatoms. The van der Waals surface area contributed by atoms with Gasteiger partial charge in [-0.1, -0.05) is 291 Å². The summed E-state index contributed by atoms with van der Waals surface area (Å²) in [5.41, 5.74) is 42.0. The highest BCUT2D eigenvalue weighted by atomic mass is 16.3. The third-order valence-electron chi connectivity index (χ3n) is 28.6. The van der Waals surface area contributed by atoms with E-state index in [4.69, 9.17) is 13.3 Å². The Morgan fingerprint density at radius 1 is 0.243 bits per heavy atom. The molecule has 0 atom stereocenters. The summed E-state index contributed by atoms with van der Waals surface area (Å²) in [5, 5.41) is 6.90. The van der Waals surface area contributed by atoms with Gasteiger partial charge in [0.05, 0.1) is 0 Å². The second-order valence-electron chi connectivity index (χ2n) is 36.4. The minimum Gasteiger partial charge on any atom is -0.456 e. The van der Waals surface area contributed by atoms with E-state index in [9.17, 15) is 0 Å². The average Bonchev–Trinajstić information content (AvgIpc) is 1.53. The Morgan fingerprint density at radius 2 is 0.661 bits per heavy atom. The molecule has 0 amide bonds. The fourth-order valence-electron chi connectivity index (χ4n) is 22.4. The molecule has 5 aliphatic carbocycles. The molecule has 115 heavy (non-hydrogen) atoms. The van der Waals surface area contributed by atoms with Gasteiger partial charge in [-0.15, -0.1) is 0 Å². The van der Waals surface area contributed by atoms with Crippen molar-refractivity contribution in [2.24, 2.45) is 0 Å². The molecular weight excluding hydrogens is 1400 g/mol. The van der Waals surface area contributed by atoms with E-state index in [-0.39, 0.29) is 21.7 Å². The smallest absolute Gasteiger partial charge is 0.143 e. The van der Waals surface area contributed by atoms with Crippen LogP contribution in [-0.4, -0.2) is 0 Å². The number of hydrogen-bond acceptors (Lipinski definition) is 4. The lowest BCUT2D eigenvalue weighted by Crippen LogP contribution is -2.25. The predicted molar refractivity (Wildman–Crippen MR) is 482 cm³/mol. The molecule has 0 spiro atoms. The summed E-state index contributed by atoms with van der Waals surface area (Å²) in [5.74, 6) is 0. The van der Waals surface area contributed by atoms with Crippen molar-refractivity contribution in [3.8, 4) is 89.0 Å². The van der Waals surface area contributed by atoms with Crippen molar-refractivity contribution >= 4 is 82.9 Å². The molecule has 17 aromatic rings. The summed E-state index contributed by atoms with van der Waals surface area (Å²) >= 11 is 0. The predicted octanol–water partition coefficient (Wildman–Crippen LogP) is 32.1. The maximum atomic E-state index is 7.16. The first-order chi connectivity index (χ1) is 55.9. The Hall–Kier alpha value is -11.7. The van der Waals surface area contributed by atoms with E-state index in [1.54, 1.807) is 11.1 Å². The largest absolute Gasteiger partial charge is 0.456 e. The van der Waals surface area contributed by atoms with E-state index in [1.165, 1.54) is 216 Å². The van der Waals surface area contributed by atoms with Gasteiger partial charge < -0.3 is 18.2 Å². The van der Waals surface area contributed by atoms with Crippen molar-refractivity contribution in [3.63, 3.8) is 0 Å². The molecule has 564 valence electrons. The molecule has 0 saturated carbocycles. The Balaban J connectivity index is 0.601. The van der Waals surface area contributed by atoms with Crippen LogP contribution in [0.2, 0.25) is 0 Å². The van der Waals surface area contributed by atoms with Crippen molar-refractivity contribution in [1.82, 2.24) is 0 Å². The second-order valence-corrected chi connectivity index (χ2v) is 36.4. The molecule has 14 aromatic carbocycles. The first-order valence-corrected chi connectivity index (χ1v) is 42.7. The second kappa shape index (κ2) is 25.6. The van der Waals surface area contributed by atoms with E-state index in [0.29, 0.717) is 0 Å². The summed E-state index contributed by atoms with van der Waals surface area (Å²) in [6.45, 7) is 24.1. The van der Waals surface area contributed by atoms with E-state index in [2.05, 4.69) is 335 Å². The van der Waals surface area contributed by atoms with Gasteiger partial charge in [0.1, 0.15) is 33.5 Å². The lowest BCUT2D eigenvalue weighted by molar-refractivity contribution is 0.399. The van der Waals surface area contributed by atoms with Gasteiger partial charge >= 0.3 is 0 Å². The molecule has 3 heterocycles. The van der Waals surface area contributed by atoms with Crippen LogP contribution < -0.4 is 4.90 Å². The maximum Gasteiger partial charge on any atom is 0.143 e. The van der Waals surface area contributed by atoms with Gasteiger partial charge in [0.2, 0.25) is 0 Å². The van der Waals surface area contributed by atoms with Gasteiger partial charge in [0, 0.05) is 88.1 Å². The number of furan rings is 3. The molecular formula is C111H97NO3. The molecule has 3 aromatic heterocycles. The van der Waals surface area contributed by atoms with Crippen LogP contribution in [0.4, 0.5) is 17.1 Å². The molecule has 0 fully saturated rings. The summed E-state index contributed by atoms with van der Waals surface area (Å²) in [6, 6.07) is 99.8. The lowest BCUT2D eigenvalue weighted by Gasteiger charge is -2.33. The molecule has 0 bridgehead atoms. The normalized spacial score (nSPS) is 15.5. The Morgan fingerprint density at radius 3 is 1.33 bits per heavy atom. The molecule has 0 aliphatic heterocycles. The van der Waals surface area contributed by atoms with Gasteiger partial charge in [-0.25, -0.2) is 0 Å². The van der Waals surface area contributed by atoms with Crippen LogP contribution in [0, 0.1) is 0 Å². The SMILES string of the molecule is CCCCCCCC1(CCCCCCC)c2ccccc2-c2ccc(-c3ccc4c(c3)C(C)(C)c3cc(-c5ccc(-c6cc7c(c8c6oc6ccccc68)-c6ccc(N(c8ccc9c(c8)C(C)(C)c8cc%10c(cc8-9)C(C)(C)c8ccc9oc%11ccccc%11c9c8-%10)c8ccc9c(c8)oc8ccccc89)cc6C7(C)C)cc5)ccc3-4)cc21. The molecule has 5 aliphatic rings. The zero-order valence-corrected chi connectivity index (χ0v) is 68.0. The fraction of sp³-hybridized carbons (Fsp3) is 0.243. The number of hydrogen-bond donors (Lipinski definition) is 0. The Kier molecular flexibility index (Phi) is 15.6. The van der Waals surface area contributed by atoms with Crippen molar-refractivity contribution in [2.45, 2.75) is 173 Å². The number of benzene rings is 14. The van der Waals surface area contributed by atoms with Crippen LogP contribution in [0.1, 0.15) is 202 Å². The quantitative estimate of drug-likeness (QED) is 0.0803. The number of anilines is 3. The summed E-state index contributed by atoms with van der Waals surface area (Å²) < 4.78 is 20.5. The molecule has 0 N–H and O–H groups in total. The number of unbranched alkanes of at least 4 members (excludes halogenated alkanes) is 8. The van der Waals surface area contributed by atoms with E-state index >= 15 is 0 Å². The monoisotopic (exact) mass is 1490 g/mol. The zero-order chi connectivity index (χ0) is 77.8. The van der Waals surface area contributed by atoms with Crippen LogP contribution in [0.25, 0.3) is 155 Å². The van der Waals surface area contributed by atoms with Crippen molar-refractivity contribution < 1.29 is 13.3 Å². The number of nitrogens with zero attached hydrogens (tertiary/aromatic N) is 1. The number of fused-ring (bicyclic) bond motifs is 26. The maximum absolute atomic E-state index is 7.16. The topological polar surface area (TPSA) is 42.7 Å². The zero-order valence-electron chi connectivity index (χ0n) is 68.0. The number of para-hydroxylation sites is 3. The standard InChI is InChI=1S/C111H97NO3/c1-11-13-15-17-27-55-111(56-28-18-16-14-12-2)87-33-23-19-29-74(87)77-49-43-70(59-95(77)111)69-42-48-76-75-47-41-68(57-89(75)108(5,6)90(76)58-69)66-37-39-67(40-38-66)84-63-96-102(105-83-32-22-26-36-99(83)115-106(84)105)81-52-46-72(61-92(81)110(96,9)10)112(73-45-51-80-79-30-20-24-34-97(79)114-101(80)62-73)71-44-50-78-85-64-94-86(65-93(85)109(7,8)91(78)60-71)103-88(107(94,3)4)53-54-100-104(103)82-31-21-25-35-98(82)113-100/h19-26,29-54,57-65H,11-18,27-28,55-56H2,1-10H3. The first-order valence-electron chi connectivity index (χ1n) is 42.7. The van der Waals surface area contributed by atoms with E-state index in [0.717, 1.165) is 77.8 Å². The minimum atomic E-state index is -0.408. The van der Waals surface area contributed by atoms with Crippen LogP contribution >= 0.6 is 0 Å². The van der Waals surface area contributed by atoms with Crippen LogP contribution in [0.15, 0.2) is 274 Å². The van der Waals surface area contributed by atoms with Crippen LogP contribution in [0.3, 0.4) is 0 Å². The minimum absolute atomic E-state index is 0.0405. The van der Waals surface area contributed by atoms with E-state index < -0.39 is 5.41 Å².